The fourth-order valence-electron chi connectivity index (χ4n) is 3.67. The van der Waals surface area contributed by atoms with Crippen LogP contribution < -0.4 is 14.8 Å². The highest BCUT2D eigenvalue weighted by molar-refractivity contribution is 5.98. The fourth-order valence-corrected chi connectivity index (χ4v) is 3.67. The van der Waals surface area contributed by atoms with Gasteiger partial charge in [-0.2, -0.15) is 0 Å². The summed E-state index contributed by atoms with van der Waals surface area (Å²) in [4.78, 5) is 30.1. The SMILES string of the molecule is C[C@@H](C(=O)N1CCNC1=O)N1CCN(Cc2ccc3c(c2)OCO3)CC1. The van der Waals surface area contributed by atoms with Crippen LogP contribution >= 0.6 is 0 Å². The third-order valence-electron chi connectivity index (χ3n) is 5.28. The Hall–Kier alpha value is -2.32. The number of nitrogens with zero attached hydrogens (tertiary/aromatic N) is 3. The Morgan fingerprint density at radius 2 is 1.92 bits per heavy atom. The lowest BCUT2D eigenvalue weighted by atomic mass is 10.1. The molecule has 0 bridgehead atoms. The number of hydrogen-bond acceptors (Lipinski definition) is 6. The molecule has 0 unspecified atom stereocenters. The van der Waals surface area contributed by atoms with Crippen molar-refractivity contribution >= 4 is 11.9 Å². The predicted octanol–water partition coefficient (Wildman–Crippen LogP) is 0.473. The van der Waals surface area contributed by atoms with Crippen LogP contribution in [0.4, 0.5) is 4.79 Å². The van der Waals surface area contributed by atoms with Gasteiger partial charge in [0, 0.05) is 45.8 Å². The van der Waals surface area contributed by atoms with E-state index in [4.69, 9.17) is 9.47 Å². The number of carbonyl (C=O) groups excluding carboxylic acids is 2. The first-order valence-corrected chi connectivity index (χ1v) is 9.06. The number of piperazine rings is 1. The third-order valence-corrected chi connectivity index (χ3v) is 5.28. The van der Waals surface area contributed by atoms with Gasteiger partial charge in [0.05, 0.1) is 6.04 Å². The summed E-state index contributed by atoms with van der Waals surface area (Å²) in [6.45, 7) is 7.43. The van der Waals surface area contributed by atoms with Gasteiger partial charge in [-0.1, -0.05) is 6.07 Å². The van der Waals surface area contributed by atoms with Crippen molar-refractivity contribution in [2.24, 2.45) is 0 Å². The van der Waals surface area contributed by atoms with Gasteiger partial charge >= 0.3 is 6.03 Å². The van der Waals surface area contributed by atoms with Crippen molar-refractivity contribution in [1.82, 2.24) is 20.0 Å². The number of amides is 3. The molecule has 8 nitrogen and oxygen atoms in total. The maximum Gasteiger partial charge on any atom is 0.324 e. The smallest absolute Gasteiger partial charge is 0.324 e. The van der Waals surface area contributed by atoms with E-state index in [1.54, 1.807) is 0 Å². The number of nitrogens with one attached hydrogen (secondary N) is 1. The summed E-state index contributed by atoms with van der Waals surface area (Å²) < 4.78 is 10.8. The second-order valence-corrected chi connectivity index (χ2v) is 6.90. The number of imide groups is 1. The van der Waals surface area contributed by atoms with Crippen molar-refractivity contribution in [3.63, 3.8) is 0 Å². The normalized spacial score (nSPS) is 21.7. The van der Waals surface area contributed by atoms with Gasteiger partial charge in [0.15, 0.2) is 11.5 Å². The Bertz CT molecular complexity index is 702. The first kappa shape index (κ1) is 17.1. The maximum absolute atomic E-state index is 12.5. The van der Waals surface area contributed by atoms with Crippen LogP contribution in [0.25, 0.3) is 0 Å². The van der Waals surface area contributed by atoms with Gasteiger partial charge in [0.1, 0.15) is 0 Å². The lowest BCUT2D eigenvalue weighted by molar-refractivity contribution is -0.133. The Morgan fingerprint density at radius 1 is 1.15 bits per heavy atom. The molecule has 2 saturated heterocycles. The molecule has 2 fully saturated rings. The summed E-state index contributed by atoms with van der Waals surface area (Å²) in [5, 5.41) is 2.68. The molecule has 3 aliphatic heterocycles. The van der Waals surface area contributed by atoms with Gasteiger partial charge in [0.2, 0.25) is 12.7 Å². The van der Waals surface area contributed by atoms with Crippen LogP contribution in [0.15, 0.2) is 18.2 Å². The molecule has 0 saturated carbocycles. The molecular weight excluding hydrogens is 336 g/mol. The van der Waals surface area contributed by atoms with E-state index in [0.29, 0.717) is 19.9 Å². The molecule has 1 atom stereocenters. The first-order chi connectivity index (χ1) is 12.6. The zero-order chi connectivity index (χ0) is 18.1. The van der Waals surface area contributed by atoms with E-state index < -0.39 is 0 Å². The molecule has 4 rings (SSSR count). The van der Waals surface area contributed by atoms with Crippen molar-refractivity contribution in [1.29, 1.82) is 0 Å². The molecule has 3 heterocycles. The Morgan fingerprint density at radius 3 is 2.65 bits per heavy atom. The van der Waals surface area contributed by atoms with Crippen LogP contribution in [0, 0.1) is 0 Å². The molecule has 0 spiro atoms. The van der Waals surface area contributed by atoms with Crippen LogP contribution in [-0.2, 0) is 11.3 Å². The first-order valence-electron chi connectivity index (χ1n) is 9.06. The number of ether oxygens (including phenoxy) is 2. The second kappa shape index (κ2) is 7.13. The van der Waals surface area contributed by atoms with Crippen LogP contribution in [-0.4, -0.2) is 78.7 Å². The predicted molar refractivity (Wildman–Crippen MR) is 94.0 cm³/mol. The van der Waals surface area contributed by atoms with Gasteiger partial charge in [-0.05, 0) is 24.6 Å². The highest BCUT2D eigenvalue weighted by Crippen LogP contribution is 2.32. The van der Waals surface area contributed by atoms with E-state index in [2.05, 4.69) is 21.2 Å². The van der Waals surface area contributed by atoms with Gasteiger partial charge in [-0.15, -0.1) is 0 Å². The largest absolute Gasteiger partial charge is 0.454 e. The van der Waals surface area contributed by atoms with Crippen molar-refractivity contribution in [3.05, 3.63) is 23.8 Å². The Kier molecular flexibility index (Phi) is 4.69. The fraction of sp³-hybridized carbons (Fsp3) is 0.556. The van der Waals surface area contributed by atoms with E-state index >= 15 is 0 Å². The zero-order valence-corrected chi connectivity index (χ0v) is 14.9. The highest BCUT2D eigenvalue weighted by atomic mass is 16.7. The van der Waals surface area contributed by atoms with E-state index in [0.717, 1.165) is 44.2 Å². The topological polar surface area (TPSA) is 74.4 Å². The zero-order valence-electron chi connectivity index (χ0n) is 14.9. The third kappa shape index (κ3) is 3.34. The standard InChI is InChI=1S/C18H24N4O4/c1-13(17(23)22-5-4-19-18(22)24)21-8-6-20(7-9-21)11-14-2-3-15-16(10-14)26-12-25-15/h2-3,10,13H,4-9,11-12H2,1H3,(H,19,24)/t13-/m0/s1. The number of fused-ring (bicyclic) bond motifs is 1. The molecule has 1 aromatic rings. The summed E-state index contributed by atoms with van der Waals surface area (Å²) in [5.41, 5.74) is 1.19. The Balaban J connectivity index is 1.29. The molecule has 3 aliphatic rings. The van der Waals surface area contributed by atoms with Crippen molar-refractivity contribution < 1.29 is 19.1 Å². The molecule has 0 aromatic heterocycles. The summed E-state index contributed by atoms with van der Waals surface area (Å²) in [6, 6.07) is 5.51. The lowest BCUT2D eigenvalue weighted by Gasteiger charge is -2.38. The minimum Gasteiger partial charge on any atom is -0.454 e. The number of rotatable bonds is 4. The van der Waals surface area contributed by atoms with Gasteiger partial charge in [-0.3, -0.25) is 19.5 Å². The van der Waals surface area contributed by atoms with Gasteiger partial charge in [-0.25, -0.2) is 4.79 Å². The maximum atomic E-state index is 12.5. The molecular formula is C18H24N4O4. The number of benzene rings is 1. The van der Waals surface area contributed by atoms with Gasteiger partial charge < -0.3 is 14.8 Å². The molecule has 8 heteroatoms. The highest BCUT2D eigenvalue weighted by Gasteiger charge is 2.33. The summed E-state index contributed by atoms with van der Waals surface area (Å²) >= 11 is 0. The quantitative estimate of drug-likeness (QED) is 0.842. The molecule has 0 radical (unpaired) electrons. The number of hydrogen-bond donors (Lipinski definition) is 1. The van der Waals surface area contributed by atoms with E-state index in [-0.39, 0.29) is 18.0 Å². The van der Waals surface area contributed by atoms with E-state index in [1.165, 1.54) is 10.5 Å². The average molecular weight is 360 g/mol. The number of carbonyl (C=O) groups is 2. The van der Waals surface area contributed by atoms with Crippen molar-refractivity contribution in [2.45, 2.75) is 19.5 Å². The van der Waals surface area contributed by atoms with E-state index in [9.17, 15) is 9.59 Å². The van der Waals surface area contributed by atoms with Crippen molar-refractivity contribution in [2.75, 3.05) is 46.1 Å². The van der Waals surface area contributed by atoms with Crippen molar-refractivity contribution in [3.8, 4) is 11.5 Å². The van der Waals surface area contributed by atoms with Crippen LogP contribution in [0.1, 0.15) is 12.5 Å². The number of urea groups is 1. The van der Waals surface area contributed by atoms with Gasteiger partial charge in [0.25, 0.3) is 0 Å². The minimum absolute atomic E-state index is 0.107. The van der Waals surface area contributed by atoms with E-state index in [1.807, 2.05) is 19.1 Å². The molecule has 26 heavy (non-hydrogen) atoms. The van der Waals surface area contributed by atoms with Crippen LogP contribution in [0.2, 0.25) is 0 Å². The monoisotopic (exact) mass is 360 g/mol. The summed E-state index contributed by atoms with van der Waals surface area (Å²) in [7, 11) is 0. The Labute approximate surface area is 152 Å². The lowest BCUT2D eigenvalue weighted by Crippen LogP contribution is -2.54. The molecule has 3 amide bonds. The molecule has 140 valence electrons. The average Bonchev–Trinajstić information content (AvgIpc) is 3.29. The molecule has 0 aliphatic carbocycles. The van der Waals surface area contributed by atoms with Crippen LogP contribution in [0.5, 0.6) is 11.5 Å². The second-order valence-electron chi connectivity index (χ2n) is 6.90. The summed E-state index contributed by atoms with van der Waals surface area (Å²) in [5.74, 6) is 1.50. The molecule has 1 aromatic carbocycles. The summed E-state index contributed by atoms with van der Waals surface area (Å²) in [6.07, 6.45) is 0. The minimum atomic E-state index is -0.275. The molecule has 1 N–H and O–H groups in total. The van der Waals surface area contributed by atoms with Crippen LogP contribution in [0.3, 0.4) is 0 Å².